The molecular weight excluding hydrogens is 276 g/mol. The monoisotopic (exact) mass is 300 g/mol. The smallest absolute Gasteiger partial charge is 0.223 e. The number of hydrogen-bond acceptors (Lipinski definition) is 3. The molecule has 1 aliphatic heterocycles. The minimum absolute atomic E-state index is 0.220. The summed E-state index contributed by atoms with van der Waals surface area (Å²) in [4.78, 5) is 22.4. The minimum atomic E-state index is 0.220. The number of carbonyl (C=O) groups excluding carboxylic acids is 1. The molecule has 1 saturated heterocycles. The molecule has 0 radical (unpaired) electrons. The number of imidazole rings is 1. The predicted molar refractivity (Wildman–Crippen MR) is 87.8 cm³/mol. The number of benzene rings is 1. The van der Waals surface area contributed by atoms with Crippen molar-refractivity contribution in [1.29, 1.82) is 0 Å². The summed E-state index contributed by atoms with van der Waals surface area (Å²) in [5.74, 6) is 1.12. The van der Waals surface area contributed by atoms with Gasteiger partial charge in [0, 0.05) is 38.0 Å². The van der Waals surface area contributed by atoms with Crippen LogP contribution < -0.4 is 5.32 Å². The molecule has 0 aliphatic carbocycles. The molecule has 118 valence electrons. The third-order valence-electron chi connectivity index (χ3n) is 4.69. The Kier molecular flexibility index (Phi) is 4.16. The maximum absolute atomic E-state index is 12.5. The van der Waals surface area contributed by atoms with Crippen molar-refractivity contribution >= 4 is 16.9 Å². The van der Waals surface area contributed by atoms with Crippen LogP contribution in [0.5, 0.6) is 0 Å². The fourth-order valence-electron chi connectivity index (χ4n) is 3.12. The Bertz CT molecular complexity index is 678. The van der Waals surface area contributed by atoms with E-state index >= 15 is 0 Å². The molecule has 1 aliphatic rings. The summed E-state index contributed by atoms with van der Waals surface area (Å²) in [5, 5.41) is 3.40. The molecule has 1 amide bonds. The summed E-state index contributed by atoms with van der Waals surface area (Å²) in [5.41, 5.74) is 3.22. The fraction of sp³-hybridized carbons (Fsp3) is 0.529. The van der Waals surface area contributed by atoms with Crippen LogP contribution in [-0.4, -0.2) is 45.9 Å². The van der Waals surface area contributed by atoms with Gasteiger partial charge in [-0.2, -0.15) is 0 Å². The lowest BCUT2D eigenvalue weighted by molar-refractivity contribution is -0.134. The number of para-hydroxylation sites is 1. The molecule has 1 aromatic heterocycles. The maximum atomic E-state index is 12.5. The Morgan fingerprint density at radius 3 is 3.00 bits per heavy atom. The molecular formula is C17H24N4O. The lowest BCUT2D eigenvalue weighted by Crippen LogP contribution is -2.57. The molecule has 2 aromatic rings. The van der Waals surface area contributed by atoms with E-state index in [1.165, 1.54) is 0 Å². The molecule has 5 heteroatoms. The van der Waals surface area contributed by atoms with E-state index in [9.17, 15) is 4.79 Å². The van der Waals surface area contributed by atoms with E-state index in [1.807, 2.05) is 17.0 Å². The summed E-state index contributed by atoms with van der Waals surface area (Å²) >= 11 is 0. The standard InChI is InChI=1S/C17H24N4O/c1-11-5-4-6-14-17(11)20-15(19-14)7-8-16(22)21-10-9-18-12(2)13(21)3/h4-6,12-13,18H,7-10H2,1-3H3,(H,19,20). The van der Waals surface area contributed by atoms with Gasteiger partial charge in [0.25, 0.3) is 0 Å². The number of aromatic amines is 1. The number of piperazine rings is 1. The van der Waals surface area contributed by atoms with Gasteiger partial charge < -0.3 is 15.2 Å². The van der Waals surface area contributed by atoms with Crippen LogP contribution in [0.2, 0.25) is 0 Å². The molecule has 0 spiro atoms. The fourth-order valence-corrected chi connectivity index (χ4v) is 3.12. The average molecular weight is 300 g/mol. The van der Waals surface area contributed by atoms with Gasteiger partial charge in [-0.1, -0.05) is 12.1 Å². The summed E-state index contributed by atoms with van der Waals surface area (Å²) in [7, 11) is 0. The Morgan fingerprint density at radius 2 is 2.23 bits per heavy atom. The highest BCUT2D eigenvalue weighted by atomic mass is 16.2. The molecule has 1 fully saturated rings. The third kappa shape index (κ3) is 2.86. The first-order valence-corrected chi connectivity index (χ1v) is 8.03. The minimum Gasteiger partial charge on any atom is -0.342 e. The zero-order valence-electron chi connectivity index (χ0n) is 13.5. The second-order valence-corrected chi connectivity index (χ2v) is 6.23. The van der Waals surface area contributed by atoms with Crippen molar-refractivity contribution in [2.24, 2.45) is 0 Å². The molecule has 2 heterocycles. The summed E-state index contributed by atoms with van der Waals surface area (Å²) in [6, 6.07) is 6.71. The molecule has 1 aromatic carbocycles. The summed E-state index contributed by atoms with van der Waals surface area (Å²) in [6.07, 6.45) is 1.17. The average Bonchev–Trinajstić information content (AvgIpc) is 2.92. The molecule has 2 N–H and O–H groups in total. The topological polar surface area (TPSA) is 61.0 Å². The second-order valence-electron chi connectivity index (χ2n) is 6.23. The van der Waals surface area contributed by atoms with Gasteiger partial charge in [0.05, 0.1) is 11.0 Å². The van der Waals surface area contributed by atoms with Crippen LogP contribution in [0.25, 0.3) is 11.0 Å². The van der Waals surface area contributed by atoms with Crippen molar-refractivity contribution in [1.82, 2.24) is 20.2 Å². The van der Waals surface area contributed by atoms with Crippen LogP contribution in [0.3, 0.4) is 0 Å². The number of amides is 1. The van der Waals surface area contributed by atoms with E-state index in [4.69, 9.17) is 0 Å². The number of nitrogens with zero attached hydrogens (tertiary/aromatic N) is 2. The highest BCUT2D eigenvalue weighted by molar-refractivity contribution is 5.79. The highest BCUT2D eigenvalue weighted by Crippen LogP contribution is 2.17. The number of H-pyrrole nitrogens is 1. The maximum Gasteiger partial charge on any atom is 0.223 e. The molecule has 2 unspecified atom stereocenters. The lowest BCUT2D eigenvalue weighted by atomic mass is 10.1. The predicted octanol–water partition coefficient (Wildman–Crippen LogP) is 2.01. The molecule has 5 nitrogen and oxygen atoms in total. The SMILES string of the molecule is Cc1cccc2[nH]c(CCC(=O)N3CCNC(C)C3C)nc12. The second kappa shape index (κ2) is 6.08. The number of hydrogen-bond donors (Lipinski definition) is 2. The Morgan fingerprint density at radius 1 is 1.41 bits per heavy atom. The normalized spacial score (nSPS) is 22.2. The number of fused-ring (bicyclic) bond motifs is 1. The van der Waals surface area contributed by atoms with Gasteiger partial charge in [0.15, 0.2) is 0 Å². The summed E-state index contributed by atoms with van der Waals surface area (Å²) < 4.78 is 0. The van der Waals surface area contributed by atoms with Crippen LogP contribution >= 0.6 is 0 Å². The van der Waals surface area contributed by atoms with Crippen molar-refractivity contribution in [2.75, 3.05) is 13.1 Å². The van der Waals surface area contributed by atoms with Crippen LogP contribution in [0, 0.1) is 6.92 Å². The third-order valence-corrected chi connectivity index (χ3v) is 4.69. The van der Waals surface area contributed by atoms with Gasteiger partial charge in [0.2, 0.25) is 5.91 Å². The largest absolute Gasteiger partial charge is 0.342 e. The van der Waals surface area contributed by atoms with Crippen molar-refractivity contribution in [3.8, 4) is 0 Å². The van der Waals surface area contributed by atoms with Crippen LogP contribution in [0.1, 0.15) is 31.7 Å². The zero-order chi connectivity index (χ0) is 15.7. The van der Waals surface area contributed by atoms with Gasteiger partial charge in [-0.15, -0.1) is 0 Å². The first-order chi connectivity index (χ1) is 10.6. The summed E-state index contributed by atoms with van der Waals surface area (Å²) in [6.45, 7) is 7.97. The lowest BCUT2D eigenvalue weighted by Gasteiger charge is -2.38. The molecule has 0 saturated carbocycles. The number of aryl methyl sites for hydroxylation is 2. The number of carbonyl (C=O) groups is 1. The Hall–Kier alpha value is -1.88. The molecule has 22 heavy (non-hydrogen) atoms. The number of aromatic nitrogens is 2. The molecule has 0 bridgehead atoms. The molecule has 3 rings (SSSR count). The quantitative estimate of drug-likeness (QED) is 0.911. The van der Waals surface area contributed by atoms with Crippen molar-refractivity contribution in [3.05, 3.63) is 29.6 Å². The van der Waals surface area contributed by atoms with E-state index in [-0.39, 0.29) is 11.9 Å². The van der Waals surface area contributed by atoms with Crippen LogP contribution in [0.4, 0.5) is 0 Å². The van der Waals surface area contributed by atoms with Crippen LogP contribution in [-0.2, 0) is 11.2 Å². The Balaban J connectivity index is 1.66. The van der Waals surface area contributed by atoms with E-state index in [0.29, 0.717) is 18.9 Å². The Labute approximate surface area is 131 Å². The van der Waals surface area contributed by atoms with Crippen molar-refractivity contribution < 1.29 is 4.79 Å². The van der Waals surface area contributed by atoms with Gasteiger partial charge in [0.1, 0.15) is 5.82 Å². The van der Waals surface area contributed by atoms with Crippen molar-refractivity contribution in [3.63, 3.8) is 0 Å². The van der Waals surface area contributed by atoms with E-state index in [2.05, 4.69) is 42.1 Å². The van der Waals surface area contributed by atoms with Crippen LogP contribution in [0.15, 0.2) is 18.2 Å². The van der Waals surface area contributed by atoms with E-state index in [1.54, 1.807) is 0 Å². The first kappa shape index (κ1) is 15.0. The van der Waals surface area contributed by atoms with E-state index in [0.717, 1.165) is 35.5 Å². The number of nitrogens with one attached hydrogen (secondary N) is 2. The van der Waals surface area contributed by atoms with Gasteiger partial charge >= 0.3 is 0 Å². The van der Waals surface area contributed by atoms with Gasteiger partial charge in [-0.05, 0) is 32.4 Å². The van der Waals surface area contributed by atoms with E-state index < -0.39 is 0 Å². The van der Waals surface area contributed by atoms with Crippen molar-refractivity contribution in [2.45, 2.75) is 45.7 Å². The zero-order valence-corrected chi connectivity index (χ0v) is 13.5. The van der Waals surface area contributed by atoms with Gasteiger partial charge in [-0.3, -0.25) is 4.79 Å². The first-order valence-electron chi connectivity index (χ1n) is 8.03. The van der Waals surface area contributed by atoms with Gasteiger partial charge in [-0.25, -0.2) is 4.98 Å². The molecule has 2 atom stereocenters. The number of rotatable bonds is 3. The highest BCUT2D eigenvalue weighted by Gasteiger charge is 2.27.